The fraction of sp³-hybridized carbons (Fsp3) is 0.348. The Hall–Kier alpha value is -2.53. The van der Waals surface area contributed by atoms with E-state index in [-0.39, 0.29) is 4.90 Å². The lowest BCUT2D eigenvalue weighted by Crippen LogP contribution is -2.65. The molecule has 1 heterocycles. The largest absolute Gasteiger partial charge is 0.395 e. The van der Waals surface area contributed by atoms with Gasteiger partial charge in [0.05, 0.1) is 23.6 Å². The Morgan fingerprint density at radius 1 is 1.17 bits per heavy atom. The molecule has 156 valence electrons. The molecule has 1 aliphatic heterocycles. The van der Waals surface area contributed by atoms with E-state index in [4.69, 9.17) is 0 Å². The topological polar surface area (TPSA) is 81.4 Å². The van der Waals surface area contributed by atoms with Crippen LogP contribution in [-0.4, -0.2) is 36.5 Å². The first-order valence-corrected chi connectivity index (χ1v) is 11.5. The number of rotatable bonds is 5. The Morgan fingerprint density at radius 2 is 1.97 bits per heavy atom. The molecule has 2 aliphatic rings. The molecule has 1 fully saturated rings. The number of aliphatic hydroxyl groups is 1. The van der Waals surface area contributed by atoms with Crippen LogP contribution < -0.4 is 0 Å². The molecule has 0 saturated carbocycles. The van der Waals surface area contributed by atoms with Crippen molar-refractivity contribution in [2.24, 2.45) is 0 Å². The van der Waals surface area contributed by atoms with Crippen molar-refractivity contribution in [3.8, 4) is 6.07 Å². The Balaban J connectivity index is 1.74. The molecule has 0 spiro atoms. The van der Waals surface area contributed by atoms with Gasteiger partial charge in [-0.1, -0.05) is 36.4 Å². The Labute approximate surface area is 176 Å². The van der Waals surface area contributed by atoms with Gasteiger partial charge in [0.2, 0.25) is 10.0 Å². The second-order valence-corrected chi connectivity index (χ2v) is 9.55. The van der Waals surface area contributed by atoms with Gasteiger partial charge >= 0.3 is 0 Å². The van der Waals surface area contributed by atoms with Crippen molar-refractivity contribution in [2.75, 3.05) is 6.61 Å². The average Bonchev–Trinajstić information content (AvgIpc) is 2.74. The summed E-state index contributed by atoms with van der Waals surface area (Å²) in [5.41, 5.74) is 3.10. The zero-order chi connectivity index (χ0) is 21.3. The van der Waals surface area contributed by atoms with E-state index in [1.807, 2.05) is 24.3 Å². The predicted molar refractivity (Wildman–Crippen MR) is 111 cm³/mol. The molecule has 0 bridgehead atoms. The third-order valence-corrected chi connectivity index (χ3v) is 7.91. The molecule has 1 aliphatic carbocycles. The summed E-state index contributed by atoms with van der Waals surface area (Å²) in [4.78, 5) is -0.220. The summed E-state index contributed by atoms with van der Waals surface area (Å²) in [5, 5.41) is 19.9. The van der Waals surface area contributed by atoms with Gasteiger partial charge in [0.15, 0.2) is 0 Å². The van der Waals surface area contributed by atoms with Crippen LogP contribution in [0.1, 0.15) is 42.7 Å². The van der Waals surface area contributed by atoms with Crippen molar-refractivity contribution >= 4 is 15.6 Å². The summed E-state index contributed by atoms with van der Waals surface area (Å²) >= 11 is 0. The molecule has 30 heavy (non-hydrogen) atoms. The molecule has 0 amide bonds. The number of nitriles is 1. The highest BCUT2D eigenvalue weighted by Crippen LogP contribution is 2.46. The monoisotopic (exact) mass is 426 g/mol. The second kappa shape index (κ2) is 8.31. The van der Waals surface area contributed by atoms with Gasteiger partial charge in [-0.15, -0.1) is 0 Å². The quantitative estimate of drug-likeness (QED) is 0.788. The average molecular weight is 427 g/mol. The highest BCUT2D eigenvalue weighted by atomic mass is 32.2. The van der Waals surface area contributed by atoms with Crippen molar-refractivity contribution in [3.63, 3.8) is 0 Å². The molecule has 4 rings (SSSR count). The van der Waals surface area contributed by atoms with Gasteiger partial charge in [-0.25, -0.2) is 12.8 Å². The first-order chi connectivity index (χ1) is 14.5. The van der Waals surface area contributed by atoms with Gasteiger partial charge in [-0.2, -0.15) is 9.57 Å². The maximum absolute atomic E-state index is 13.6. The van der Waals surface area contributed by atoms with E-state index < -0.39 is 40.4 Å². The first kappa shape index (κ1) is 20.7. The summed E-state index contributed by atoms with van der Waals surface area (Å²) in [5.74, 6) is -1.13. The lowest BCUT2D eigenvalue weighted by Gasteiger charge is -2.50. The van der Waals surface area contributed by atoms with Gasteiger partial charge in [0.1, 0.15) is 11.9 Å². The molecule has 7 heteroatoms. The predicted octanol–water partition coefficient (Wildman–Crippen LogP) is 3.82. The summed E-state index contributed by atoms with van der Waals surface area (Å²) < 4.78 is 41.0. The summed E-state index contributed by atoms with van der Waals surface area (Å²) in [6.07, 6.45) is 6.39. The van der Waals surface area contributed by atoms with Gasteiger partial charge in [0.25, 0.3) is 0 Å². The fourth-order valence-corrected chi connectivity index (χ4v) is 6.37. The van der Waals surface area contributed by atoms with Crippen LogP contribution in [0.15, 0.2) is 59.5 Å². The Morgan fingerprint density at radius 3 is 2.63 bits per heavy atom. The molecule has 0 radical (unpaired) electrons. The standard InChI is InChI=1S/C23H23FN2O3S/c24-17-9-6-10-18(13-17)30(28,29)26-21(14-25)23(22(26)15-27)20-12-5-4-11-19(20)16-7-2-1-3-8-16/h4-7,9-13,21-23,27H,1-3,8,15H2/t21-,22+,23-/m1/s1. The fourth-order valence-electron chi connectivity index (χ4n) is 4.58. The molecule has 1 saturated heterocycles. The molecule has 3 atom stereocenters. The molecule has 0 unspecified atom stereocenters. The maximum Gasteiger partial charge on any atom is 0.244 e. The lowest BCUT2D eigenvalue weighted by molar-refractivity contribution is 0.0555. The number of sulfonamides is 1. The van der Waals surface area contributed by atoms with Crippen molar-refractivity contribution in [2.45, 2.75) is 48.6 Å². The zero-order valence-electron chi connectivity index (χ0n) is 16.4. The van der Waals surface area contributed by atoms with E-state index in [1.165, 1.54) is 17.7 Å². The minimum atomic E-state index is -4.13. The van der Waals surface area contributed by atoms with Crippen molar-refractivity contribution in [3.05, 3.63) is 71.6 Å². The maximum atomic E-state index is 13.6. The van der Waals surface area contributed by atoms with E-state index >= 15 is 0 Å². The van der Waals surface area contributed by atoms with Crippen LogP contribution in [0.5, 0.6) is 0 Å². The normalized spacial score (nSPS) is 24.6. The number of benzene rings is 2. The number of hydrogen-bond donors (Lipinski definition) is 1. The van der Waals surface area contributed by atoms with E-state index in [0.29, 0.717) is 0 Å². The summed E-state index contributed by atoms with van der Waals surface area (Å²) in [7, 11) is -4.13. The van der Waals surface area contributed by atoms with E-state index in [1.54, 1.807) is 0 Å². The van der Waals surface area contributed by atoms with Gasteiger partial charge in [-0.3, -0.25) is 0 Å². The van der Waals surface area contributed by atoms with E-state index in [0.717, 1.165) is 53.2 Å². The second-order valence-electron chi connectivity index (χ2n) is 7.70. The summed E-state index contributed by atoms with van der Waals surface area (Å²) in [6, 6.07) is 12.8. The third-order valence-electron chi connectivity index (χ3n) is 6.00. The minimum Gasteiger partial charge on any atom is -0.395 e. The van der Waals surface area contributed by atoms with E-state index in [9.17, 15) is 23.2 Å². The number of halogens is 1. The van der Waals surface area contributed by atoms with Gasteiger partial charge in [0, 0.05) is 5.92 Å². The number of allylic oxidation sites excluding steroid dienone is 2. The number of aliphatic hydroxyl groups excluding tert-OH is 1. The van der Waals surface area contributed by atoms with Crippen molar-refractivity contribution in [1.82, 2.24) is 4.31 Å². The van der Waals surface area contributed by atoms with Crippen LogP contribution in [0.4, 0.5) is 4.39 Å². The van der Waals surface area contributed by atoms with Crippen molar-refractivity contribution in [1.29, 1.82) is 5.26 Å². The van der Waals surface area contributed by atoms with Crippen LogP contribution in [0, 0.1) is 17.1 Å². The smallest absolute Gasteiger partial charge is 0.244 e. The molecule has 2 aromatic carbocycles. The van der Waals surface area contributed by atoms with Crippen LogP contribution in [0.2, 0.25) is 0 Å². The molecular formula is C23H23FN2O3S. The SMILES string of the molecule is N#C[C@@H]1[C@@H](c2ccccc2C2=CCCCC2)[C@H](CO)N1S(=O)(=O)c1cccc(F)c1. The summed E-state index contributed by atoms with van der Waals surface area (Å²) in [6.45, 7) is -0.426. The third kappa shape index (κ3) is 3.45. The highest BCUT2D eigenvalue weighted by molar-refractivity contribution is 7.89. The van der Waals surface area contributed by atoms with Crippen molar-refractivity contribution < 1.29 is 17.9 Å². The van der Waals surface area contributed by atoms with Gasteiger partial charge in [-0.05, 0) is 60.6 Å². The van der Waals surface area contributed by atoms with Crippen LogP contribution in [0.25, 0.3) is 5.57 Å². The molecule has 1 N–H and O–H groups in total. The highest BCUT2D eigenvalue weighted by Gasteiger charge is 2.55. The Bertz CT molecular complexity index is 1120. The Kier molecular flexibility index (Phi) is 5.74. The lowest BCUT2D eigenvalue weighted by atomic mass is 9.74. The number of hydrogen-bond acceptors (Lipinski definition) is 4. The van der Waals surface area contributed by atoms with Gasteiger partial charge < -0.3 is 5.11 Å². The van der Waals surface area contributed by atoms with E-state index in [2.05, 4.69) is 12.1 Å². The molecule has 2 aromatic rings. The molecular weight excluding hydrogens is 403 g/mol. The number of nitrogens with zero attached hydrogens (tertiary/aromatic N) is 2. The van der Waals surface area contributed by atoms with Crippen LogP contribution >= 0.6 is 0 Å². The molecule has 5 nitrogen and oxygen atoms in total. The van der Waals surface area contributed by atoms with Crippen LogP contribution in [-0.2, 0) is 10.0 Å². The molecule has 0 aromatic heterocycles. The first-order valence-electron chi connectivity index (χ1n) is 10.1. The zero-order valence-corrected chi connectivity index (χ0v) is 17.2. The van der Waals surface area contributed by atoms with Crippen LogP contribution in [0.3, 0.4) is 0 Å². The minimum absolute atomic E-state index is 0.220.